The van der Waals surface area contributed by atoms with Crippen molar-refractivity contribution in [2.75, 3.05) is 0 Å². The molecule has 0 aliphatic carbocycles. The highest BCUT2D eigenvalue weighted by atomic mass is 35.5. The van der Waals surface area contributed by atoms with E-state index in [-0.39, 0.29) is 5.78 Å². The molecule has 1 aromatic rings. The number of rotatable bonds is 16. The Bertz CT molecular complexity index is 554. The summed E-state index contributed by atoms with van der Waals surface area (Å²) in [6.07, 6.45) is 12.1. The van der Waals surface area contributed by atoms with Gasteiger partial charge in [0.15, 0.2) is 5.78 Å². The highest BCUT2D eigenvalue weighted by Crippen LogP contribution is 2.31. The van der Waals surface area contributed by atoms with Gasteiger partial charge in [-0.05, 0) is 24.1 Å². The van der Waals surface area contributed by atoms with Crippen LogP contribution in [0.3, 0.4) is 0 Å². The predicted octanol–water partition coefficient (Wildman–Crippen LogP) is 9.04. The first-order chi connectivity index (χ1) is 13.9. The summed E-state index contributed by atoms with van der Waals surface area (Å²) in [7, 11) is 0. The summed E-state index contributed by atoms with van der Waals surface area (Å²) in [6.45, 7) is 2.24. The molecule has 1 rings (SSSR count). The monoisotopic (exact) mass is 432 g/mol. The molecule has 1 nitrogen and oxygen atoms in total. The van der Waals surface area contributed by atoms with Crippen LogP contribution in [0, 0.1) is 0 Å². The molecule has 1 atom stereocenters. The van der Waals surface area contributed by atoms with Crippen molar-refractivity contribution in [2.24, 2.45) is 0 Å². The first-order valence-corrected chi connectivity index (χ1v) is 11.6. The zero-order valence-electron chi connectivity index (χ0n) is 17.7. The lowest BCUT2D eigenvalue weighted by Gasteiger charge is -2.11. The van der Waals surface area contributed by atoms with E-state index in [9.17, 15) is 18.0 Å². The second-order valence-electron chi connectivity index (χ2n) is 7.94. The number of unbranched alkanes of at least 4 members (excludes halogenated alkanes) is 12. The molecule has 0 bridgehead atoms. The van der Waals surface area contributed by atoms with E-state index in [0.29, 0.717) is 12.0 Å². The topological polar surface area (TPSA) is 17.1 Å². The van der Waals surface area contributed by atoms with Crippen molar-refractivity contribution in [3.05, 3.63) is 35.4 Å². The lowest BCUT2D eigenvalue weighted by molar-refractivity contribution is -0.137. The Kier molecular flexibility index (Phi) is 13.3. The Balaban J connectivity index is 2.06. The molecule has 0 N–H and O–H groups in total. The number of Topliss-reactive ketones (excluding diaryl/α,β-unsaturated/α-hetero) is 1. The minimum atomic E-state index is -4.38. The summed E-state index contributed by atoms with van der Waals surface area (Å²) < 4.78 is 37.8. The van der Waals surface area contributed by atoms with Crippen LogP contribution in [0.5, 0.6) is 0 Å². The van der Waals surface area contributed by atoms with E-state index in [1.807, 2.05) is 0 Å². The van der Waals surface area contributed by atoms with Gasteiger partial charge in [-0.2, -0.15) is 13.2 Å². The molecule has 0 saturated heterocycles. The molecule has 0 fully saturated rings. The van der Waals surface area contributed by atoms with Crippen LogP contribution in [0.1, 0.15) is 113 Å². The first-order valence-electron chi connectivity index (χ1n) is 11.2. The zero-order valence-corrected chi connectivity index (χ0v) is 18.5. The van der Waals surface area contributed by atoms with E-state index in [4.69, 9.17) is 11.6 Å². The molecule has 0 radical (unpaired) electrons. The highest BCUT2D eigenvalue weighted by Gasteiger charge is 2.30. The van der Waals surface area contributed by atoms with Gasteiger partial charge in [0.2, 0.25) is 0 Å². The predicted molar refractivity (Wildman–Crippen MR) is 115 cm³/mol. The van der Waals surface area contributed by atoms with Crippen molar-refractivity contribution in [1.29, 1.82) is 0 Å². The van der Waals surface area contributed by atoms with Crippen molar-refractivity contribution in [2.45, 2.75) is 108 Å². The number of benzene rings is 1. The lowest BCUT2D eigenvalue weighted by Crippen LogP contribution is -2.08. The van der Waals surface area contributed by atoms with Crippen LogP contribution in [0.2, 0.25) is 0 Å². The molecule has 0 aliphatic rings. The molecule has 0 heterocycles. The number of halogens is 4. The first kappa shape index (κ1) is 26.0. The molecule has 0 aromatic heterocycles. The number of carbonyl (C=O) groups excluding carboxylic acids is 1. The number of hydrogen-bond donors (Lipinski definition) is 0. The number of alkyl halides is 4. The van der Waals surface area contributed by atoms with Crippen LogP contribution in [0.4, 0.5) is 13.2 Å². The SMILES string of the molecule is CCCCCCCCCCCCCCCC(=O)C(Cl)c1ccc(C(F)(F)F)cc1. The van der Waals surface area contributed by atoms with Gasteiger partial charge in [-0.15, -0.1) is 11.6 Å². The summed E-state index contributed by atoms with van der Waals surface area (Å²) in [5, 5.41) is -0.866. The minimum absolute atomic E-state index is 0.116. The molecule has 29 heavy (non-hydrogen) atoms. The molecular weight excluding hydrogens is 397 g/mol. The van der Waals surface area contributed by atoms with Crippen LogP contribution in [-0.4, -0.2) is 5.78 Å². The van der Waals surface area contributed by atoms with Gasteiger partial charge in [-0.3, -0.25) is 4.79 Å². The third-order valence-corrected chi connectivity index (χ3v) is 5.84. The quantitative estimate of drug-likeness (QED) is 0.188. The van der Waals surface area contributed by atoms with Gasteiger partial charge in [-0.1, -0.05) is 96.1 Å². The van der Waals surface area contributed by atoms with Crippen LogP contribution < -0.4 is 0 Å². The smallest absolute Gasteiger partial charge is 0.298 e. The van der Waals surface area contributed by atoms with Gasteiger partial charge in [-0.25, -0.2) is 0 Å². The van der Waals surface area contributed by atoms with E-state index in [1.165, 1.54) is 76.3 Å². The highest BCUT2D eigenvalue weighted by molar-refractivity contribution is 6.31. The summed E-state index contributed by atoms with van der Waals surface area (Å²) in [6, 6.07) is 4.54. The molecule has 0 spiro atoms. The second-order valence-corrected chi connectivity index (χ2v) is 8.38. The maximum Gasteiger partial charge on any atom is 0.416 e. The molecule has 0 aliphatic heterocycles. The number of hydrogen-bond acceptors (Lipinski definition) is 1. The van der Waals surface area contributed by atoms with Gasteiger partial charge < -0.3 is 0 Å². The Labute approximate surface area is 179 Å². The van der Waals surface area contributed by atoms with Gasteiger partial charge in [0, 0.05) is 6.42 Å². The van der Waals surface area contributed by atoms with Gasteiger partial charge >= 0.3 is 6.18 Å². The summed E-state index contributed by atoms with van der Waals surface area (Å²) in [5.41, 5.74) is -0.298. The average molecular weight is 433 g/mol. The van der Waals surface area contributed by atoms with E-state index in [0.717, 1.165) is 31.4 Å². The molecule has 166 valence electrons. The maximum absolute atomic E-state index is 12.6. The normalized spacial score (nSPS) is 12.9. The van der Waals surface area contributed by atoms with Gasteiger partial charge in [0.25, 0.3) is 0 Å². The Morgan fingerprint density at radius 3 is 1.62 bits per heavy atom. The van der Waals surface area contributed by atoms with Crippen molar-refractivity contribution < 1.29 is 18.0 Å². The maximum atomic E-state index is 12.6. The molecular formula is C24H36ClF3O. The Morgan fingerprint density at radius 1 is 0.793 bits per heavy atom. The van der Waals surface area contributed by atoms with Crippen molar-refractivity contribution in [3.8, 4) is 0 Å². The molecule has 1 unspecified atom stereocenters. The second kappa shape index (κ2) is 14.9. The number of carbonyl (C=O) groups is 1. The third kappa shape index (κ3) is 11.7. The Morgan fingerprint density at radius 2 is 1.21 bits per heavy atom. The van der Waals surface area contributed by atoms with Crippen LogP contribution >= 0.6 is 11.6 Å². The van der Waals surface area contributed by atoms with Crippen molar-refractivity contribution in [1.82, 2.24) is 0 Å². The minimum Gasteiger partial charge on any atom is -0.298 e. The molecule has 1 aromatic carbocycles. The lowest BCUT2D eigenvalue weighted by atomic mass is 10.0. The average Bonchev–Trinajstić information content (AvgIpc) is 2.70. The summed E-state index contributed by atoms with van der Waals surface area (Å²) in [5.74, 6) is -0.116. The molecule has 0 amide bonds. The van der Waals surface area contributed by atoms with Crippen LogP contribution in [0.25, 0.3) is 0 Å². The van der Waals surface area contributed by atoms with Crippen molar-refractivity contribution in [3.63, 3.8) is 0 Å². The fourth-order valence-electron chi connectivity index (χ4n) is 3.47. The van der Waals surface area contributed by atoms with Gasteiger partial charge in [0.05, 0.1) is 5.56 Å². The fraction of sp³-hybridized carbons (Fsp3) is 0.708. The standard InChI is InChI=1S/C24H36ClF3O/c1-2-3-4-5-6-7-8-9-10-11-12-13-14-15-22(29)23(25)20-16-18-21(19-17-20)24(26,27)28/h16-19,23H,2-15H2,1H3. The van der Waals surface area contributed by atoms with Crippen LogP contribution in [-0.2, 0) is 11.0 Å². The van der Waals surface area contributed by atoms with Crippen molar-refractivity contribution >= 4 is 17.4 Å². The third-order valence-electron chi connectivity index (χ3n) is 5.34. The number of ketones is 1. The van der Waals surface area contributed by atoms with E-state index in [1.54, 1.807) is 0 Å². The largest absolute Gasteiger partial charge is 0.416 e. The van der Waals surface area contributed by atoms with Gasteiger partial charge in [0.1, 0.15) is 5.38 Å². The fourth-order valence-corrected chi connectivity index (χ4v) is 3.73. The zero-order chi connectivity index (χ0) is 21.5. The summed E-state index contributed by atoms with van der Waals surface area (Å²) in [4.78, 5) is 12.2. The Hall–Kier alpha value is -1.03. The van der Waals surface area contributed by atoms with E-state index >= 15 is 0 Å². The van der Waals surface area contributed by atoms with E-state index < -0.39 is 17.1 Å². The summed E-state index contributed by atoms with van der Waals surface area (Å²) >= 11 is 6.14. The molecule has 0 saturated carbocycles. The van der Waals surface area contributed by atoms with E-state index in [2.05, 4.69) is 6.92 Å². The molecule has 5 heteroatoms. The van der Waals surface area contributed by atoms with Crippen LogP contribution in [0.15, 0.2) is 24.3 Å².